The number of rotatable bonds is 3. The van der Waals surface area contributed by atoms with Gasteiger partial charge in [0.2, 0.25) is 5.91 Å². The molecule has 98 valence electrons. The molecule has 1 aromatic carbocycles. The van der Waals surface area contributed by atoms with Gasteiger partial charge < -0.3 is 15.2 Å². The molecule has 2 N–H and O–H groups in total. The minimum atomic E-state index is -0.645. The summed E-state index contributed by atoms with van der Waals surface area (Å²) in [6, 6.07) is 3.63. The van der Waals surface area contributed by atoms with Crippen LogP contribution in [0.25, 0.3) is 0 Å². The van der Waals surface area contributed by atoms with Gasteiger partial charge in [-0.05, 0) is 31.4 Å². The lowest BCUT2D eigenvalue weighted by molar-refractivity contribution is -0.119. The summed E-state index contributed by atoms with van der Waals surface area (Å²) in [5, 5.41) is 11.5. The zero-order valence-corrected chi connectivity index (χ0v) is 9.99. The van der Waals surface area contributed by atoms with Gasteiger partial charge in [0.25, 0.3) is 0 Å². The second-order valence-electron chi connectivity index (χ2n) is 4.41. The van der Waals surface area contributed by atoms with Gasteiger partial charge in [0, 0.05) is 12.7 Å². The van der Waals surface area contributed by atoms with Crippen LogP contribution < -0.4 is 5.32 Å². The Morgan fingerprint density at radius 2 is 2.33 bits per heavy atom. The van der Waals surface area contributed by atoms with Gasteiger partial charge in [0.1, 0.15) is 11.6 Å². The van der Waals surface area contributed by atoms with Crippen molar-refractivity contribution < 1.29 is 19.0 Å². The van der Waals surface area contributed by atoms with E-state index in [1.807, 2.05) is 0 Å². The highest BCUT2D eigenvalue weighted by Crippen LogP contribution is 2.21. The summed E-state index contributed by atoms with van der Waals surface area (Å²) >= 11 is 0. The Morgan fingerprint density at radius 3 is 3.00 bits per heavy atom. The van der Waals surface area contributed by atoms with Gasteiger partial charge >= 0.3 is 0 Å². The van der Waals surface area contributed by atoms with Crippen LogP contribution in [0.15, 0.2) is 18.2 Å². The van der Waals surface area contributed by atoms with Gasteiger partial charge in [-0.25, -0.2) is 4.39 Å². The molecular weight excluding hydrogens is 237 g/mol. The third-order valence-corrected chi connectivity index (χ3v) is 2.91. The third kappa shape index (κ3) is 3.43. The minimum absolute atomic E-state index is 0.0704. The molecule has 1 aliphatic rings. The van der Waals surface area contributed by atoms with Gasteiger partial charge in [-0.2, -0.15) is 0 Å². The van der Waals surface area contributed by atoms with Crippen LogP contribution in [0.1, 0.15) is 25.7 Å². The molecule has 18 heavy (non-hydrogen) atoms. The van der Waals surface area contributed by atoms with Crippen LogP contribution in [0.3, 0.4) is 0 Å². The molecule has 1 fully saturated rings. The standard InChI is InChI=1S/C13H16FNO3/c14-11-7-9(16)4-5-12(11)15-13(17)8-10-3-1-2-6-18-10/h4-5,7,10,16H,1-3,6,8H2,(H,15,17). The number of ether oxygens (including phenoxy) is 1. The Kier molecular flexibility index (Phi) is 4.15. The van der Waals surface area contributed by atoms with E-state index in [1.165, 1.54) is 12.1 Å². The molecule has 2 rings (SSSR count). The van der Waals surface area contributed by atoms with Crippen LogP contribution in [0.4, 0.5) is 10.1 Å². The number of carbonyl (C=O) groups is 1. The summed E-state index contributed by atoms with van der Waals surface area (Å²) in [7, 11) is 0. The lowest BCUT2D eigenvalue weighted by atomic mass is 10.1. The summed E-state index contributed by atoms with van der Waals surface area (Å²) in [5.74, 6) is -1.08. The van der Waals surface area contributed by atoms with Crippen molar-refractivity contribution in [1.29, 1.82) is 0 Å². The fraction of sp³-hybridized carbons (Fsp3) is 0.462. The predicted molar refractivity (Wildman–Crippen MR) is 64.9 cm³/mol. The molecule has 0 aromatic heterocycles. The Labute approximate surface area is 105 Å². The Morgan fingerprint density at radius 1 is 1.50 bits per heavy atom. The highest BCUT2D eigenvalue weighted by molar-refractivity contribution is 5.91. The quantitative estimate of drug-likeness (QED) is 0.813. The molecule has 0 aliphatic carbocycles. The fourth-order valence-corrected chi connectivity index (χ4v) is 1.98. The van der Waals surface area contributed by atoms with Gasteiger partial charge in [0.05, 0.1) is 18.2 Å². The maximum Gasteiger partial charge on any atom is 0.227 e. The normalized spacial score (nSPS) is 19.5. The average molecular weight is 253 g/mol. The summed E-state index contributed by atoms with van der Waals surface area (Å²) < 4.78 is 18.8. The van der Waals surface area contributed by atoms with Crippen LogP contribution in [0.5, 0.6) is 5.75 Å². The van der Waals surface area contributed by atoms with E-state index in [4.69, 9.17) is 9.84 Å². The van der Waals surface area contributed by atoms with Crippen LogP contribution in [0.2, 0.25) is 0 Å². The van der Waals surface area contributed by atoms with Crippen LogP contribution in [-0.4, -0.2) is 23.7 Å². The zero-order valence-electron chi connectivity index (χ0n) is 9.99. The third-order valence-electron chi connectivity index (χ3n) is 2.91. The molecule has 0 saturated carbocycles. The molecule has 1 amide bonds. The molecular formula is C13H16FNO3. The molecule has 0 bridgehead atoms. The molecule has 0 radical (unpaired) electrons. The van der Waals surface area contributed by atoms with Gasteiger partial charge in [-0.3, -0.25) is 4.79 Å². The number of phenolic OH excluding ortho intramolecular Hbond substituents is 1. The van der Waals surface area contributed by atoms with E-state index in [0.717, 1.165) is 25.3 Å². The number of carbonyl (C=O) groups excluding carboxylic acids is 1. The Balaban J connectivity index is 1.90. The van der Waals surface area contributed by atoms with Crippen molar-refractivity contribution in [2.24, 2.45) is 0 Å². The average Bonchev–Trinajstić information content (AvgIpc) is 2.34. The number of hydrogen-bond donors (Lipinski definition) is 2. The number of benzene rings is 1. The fourth-order valence-electron chi connectivity index (χ4n) is 1.98. The topological polar surface area (TPSA) is 58.6 Å². The molecule has 1 aromatic rings. The van der Waals surface area contributed by atoms with E-state index in [-0.39, 0.29) is 29.9 Å². The van der Waals surface area contributed by atoms with E-state index in [1.54, 1.807) is 0 Å². The molecule has 4 nitrogen and oxygen atoms in total. The SMILES string of the molecule is O=C(CC1CCCCO1)Nc1ccc(O)cc1F. The number of halogens is 1. The second-order valence-corrected chi connectivity index (χ2v) is 4.41. The predicted octanol–water partition coefficient (Wildman–Crippen LogP) is 2.43. The first-order chi connectivity index (χ1) is 8.65. The van der Waals surface area contributed by atoms with Crippen molar-refractivity contribution in [1.82, 2.24) is 0 Å². The lowest BCUT2D eigenvalue weighted by Gasteiger charge is -2.21. The summed E-state index contributed by atoms with van der Waals surface area (Å²) in [5.41, 5.74) is 0.0774. The van der Waals surface area contributed by atoms with Gasteiger partial charge in [0.15, 0.2) is 0 Å². The smallest absolute Gasteiger partial charge is 0.227 e. The van der Waals surface area contributed by atoms with E-state index in [9.17, 15) is 9.18 Å². The highest BCUT2D eigenvalue weighted by atomic mass is 19.1. The first-order valence-corrected chi connectivity index (χ1v) is 6.05. The van der Waals surface area contributed by atoms with Crippen molar-refractivity contribution in [3.8, 4) is 5.75 Å². The molecule has 1 heterocycles. The van der Waals surface area contributed by atoms with Crippen molar-refractivity contribution in [3.63, 3.8) is 0 Å². The van der Waals surface area contributed by atoms with Gasteiger partial charge in [-0.1, -0.05) is 0 Å². The summed E-state index contributed by atoms with van der Waals surface area (Å²) in [4.78, 5) is 11.7. The van der Waals surface area contributed by atoms with Crippen LogP contribution in [0, 0.1) is 5.82 Å². The lowest BCUT2D eigenvalue weighted by Crippen LogP contribution is -2.25. The molecule has 5 heteroatoms. The number of aromatic hydroxyl groups is 1. The van der Waals surface area contributed by atoms with E-state index in [2.05, 4.69) is 5.32 Å². The van der Waals surface area contributed by atoms with Crippen molar-refractivity contribution in [3.05, 3.63) is 24.0 Å². The summed E-state index contributed by atoms with van der Waals surface area (Å²) in [6.07, 6.45) is 3.13. The first-order valence-electron chi connectivity index (χ1n) is 6.05. The highest BCUT2D eigenvalue weighted by Gasteiger charge is 2.18. The summed E-state index contributed by atoms with van der Waals surface area (Å²) in [6.45, 7) is 0.686. The van der Waals surface area contributed by atoms with Crippen LogP contribution >= 0.6 is 0 Å². The molecule has 1 aliphatic heterocycles. The monoisotopic (exact) mass is 253 g/mol. The number of amides is 1. The Bertz CT molecular complexity index is 430. The van der Waals surface area contributed by atoms with E-state index in [0.29, 0.717) is 6.61 Å². The minimum Gasteiger partial charge on any atom is -0.508 e. The van der Waals surface area contributed by atoms with E-state index >= 15 is 0 Å². The first kappa shape index (κ1) is 12.8. The Hall–Kier alpha value is -1.62. The molecule has 0 spiro atoms. The second kappa shape index (κ2) is 5.82. The molecule has 1 saturated heterocycles. The number of anilines is 1. The largest absolute Gasteiger partial charge is 0.508 e. The number of nitrogens with one attached hydrogen (secondary N) is 1. The van der Waals surface area contributed by atoms with Gasteiger partial charge in [-0.15, -0.1) is 0 Å². The molecule has 1 unspecified atom stereocenters. The van der Waals surface area contributed by atoms with E-state index < -0.39 is 5.82 Å². The van der Waals surface area contributed by atoms with Crippen molar-refractivity contribution >= 4 is 11.6 Å². The maximum atomic E-state index is 13.4. The van der Waals surface area contributed by atoms with Crippen molar-refractivity contribution in [2.45, 2.75) is 31.8 Å². The number of phenols is 1. The molecule has 1 atom stereocenters. The zero-order chi connectivity index (χ0) is 13.0. The number of hydrogen-bond acceptors (Lipinski definition) is 3. The maximum absolute atomic E-state index is 13.4. The van der Waals surface area contributed by atoms with Crippen LogP contribution in [-0.2, 0) is 9.53 Å². The van der Waals surface area contributed by atoms with Crippen molar-refractivity contribution in [2.75, 3.05) is 11.9 Å².